The van der Waals surface area contributed by atoms with Crippen LogP contribution in [0.25, 0.3) is 0 Å². The molecule has 13 nitrogen and oxygen atoms in total. The first-order valence-corrected chi connectivity index (χ1v) is 15.8. The normalized spacial score (nSPS) is 15.4. The predicted molar refractivity (Wildman–Crippen MR) is 175 cm³/mol. The number of nitrogens with zero attached hydrogens (tertiary/aromatic N) is 9. The van der Waals surface area contributed by atoms with Gasteiger partial charge in [0.1, 0.15) is 12.1 Å². The van der Waals surface area contributed by atoms with E-state index in [1.165, 1.54) is 16.0 Å². The smallest absolute Gasteiger partial charge is 0.415 e. The fourth-order valence-corrected chi connectivity index (χ4v) is 5.40. The van der Waals surface area contributed by atoms with Crippen molar-refractivity contribution in [1.29, 1.82) is 0 Å². The number of hydrogen-bond acceptors (Lipinski definition) is 10. The van der Waals surface area contributed by atoms with Crippen LogP contribution in [0, 0.1) is 6.92 Å². The van der Waals surface area contributed by atoms with Crippen LogP contribution in [0.2, 0.25) is 0 Å². The van der Waals surface area contributed by atoms with Gasteiger partial charge in [-0.3, -0.25) is 24.8 Å². The highest BCUT2D eigenvalue weighted by atomic mass is 16.6. The summed E-state index contributed by atoms with van der Waals surface area (Å²) in [7, 11) is 0. The Morgan fingerprint density at radius 2 is 1.43 bits per heavy atom. The first-order valence-electron chi connectivity index (χ1n) is 15.8. The molecule has 6 rings (SSSR count). The summed E-state index contributed by atoms with van der Waals surface area (Å²) in [6.45, 7) is 9.11. The SMILES string of the molecule is Cc1cccnc1CCc1ccc(OC(=O)N2CCN(Cc3ccncn3)CC2)cc1.O=C(O)N1CCN(Cc2cnccn2)CC1. The molecular formula is C34H41N9O4. The van der Waals surface area contributed by atoms with Gasteiger partial charge in [-0.15, -0.1) is 0 Å². The van der Waals surface area contributed by atoms with Crippen molar-refractivity contribution in [3.05, 3.63) is 108 Å². The minimum absolute atomic E-state index is 0.293. The summed E-state index contributed by atoms with van der Waals surface area (Å²) in [5.74, 6) is 0.575. The van der Waals surface area contributed by atoms with Crippen LogP contribution in [0.3, 0.4) is 0 Å². The number of aromatic nitrogens is 5. The molecule has 1 N–H and O–H groups in total. The number of rotatable bonds is 8. The molecule has 0 aliphatic carbocycles. The van der Waals surface area contributed by atoms with Crippen molar-refractivity contribution in [1.82, 2.24) is 44.5 Å². The van der Waals surface area contributed by atoms with E-state index in [9.17, 15) is 9.59 Å². The van der Waals surface area contributed by atoms with Crippen molar-refractivity contribution in [3.63, 3.8) is 0 Å². The number of aryl methyl sites for hydroxylation is 3. The number of pyridine rings is 1. The Hall–Kier alpha value is -5.01. The van der Waals surface area contributed by atoms with Gasteiger partial charge in [0.25, 0.3) is 0 Å². The molecule has 2 fully saturated rings. The van der Waals surface area contributed by atoms with Gasteiger partial charge in [-0.2, -0.15) is 0 Å². The molecule has 2 saturated heterocycles. The van der Waals surface area contributed by atoms with Crippen LogP contribution in [-0.4, -0.2) is 114 Å². The van der Waals surface area contributed by atoms with Crippen molar-refractivity contribution in [2.45, 2.75) is 32.9 Å². The predicted octanol–water partition coefficient (Wildman–Crippen LogP) is 3.55. The van der Waals surface area contributed by atoms with Gasteiger partial charge < -0.3 is 19.6 Å². The van der Waals surface area contributed by atoms with Crippen LogP contribution in [0.4, 0.5) is 9.59 Å². The number of carbonyl (C=O) groups excluding carboxylic acids is 1. The average molecular weight is 640 g/mol. The molecular weight excluding hydrogens is 598 g/mol. The lowest BCUT2D eigenvalue weighted by Gasteiger charge is -2.33. The van der Waals surface area contributed by atoms with Crippen LogP contribution in [-0.2, 0) is 25.9 Å². The van der Waals surface area contributed by atoms with Gasteiger partial charge in [0, 0.05) is 102 Å². The number of carbonyl (C=O) groups is 2. The molecule has 0 atom stereocenters. The molecule has 3 aromatic heterocycles. The van der Waals surface area contributed by atoms with Gasteiger partial charge in [-0.25, -0.2) is 19.6 Å². The monoisotopic (exact) mass is 639 g/mol. The van der Waals surface area contributed by atoms with Crippen molar-refractivity contribution in [3.8, 4) is 5.75 Å². The van der Waals surface area contributed by atoms with Crippen LogP contribution >= 0.6 is 0 Å². The van der Waals surface area contributed by atoms with Gasteiger partial charge >= 0.3 is 12.2 Å². The number of benzene rings is 1. The van der Waals surface area contributed by atoms with Crippen LogP contribution in [0.15, 0.2) is 79.8 Å². The maximum Gasteiger partial charge on any atom is 0.415 e. The van der Waals surface area contributed by atoms with E-state index < -0.39 is 6.09 Å². The zero-order valence-electron chi connectivity index (χ0n) is 26.7. The second-order valence-electron chi connectivity index (χ2n) is 11.5. The number of carboxylic acid groups (broad SMARTS) is 1. The molecule has 0 radical (unpaired) electrons. The van der Waals surface area contributed by atoms with E-state index >= 15 is 0 Å². The fourth-order valence-electron chi connectivity index (χ4n) is 5.40. The third-order valence-corrected chi connectivity index (χ3v) is 8.20. The molecule has 0 unspecified atom stereocenters. The molecule has 4 aromatic rings. The molecule has 47 heavy (non-hydrogen) atoms. The van der Waals surface area contributed by atoms with E-state index in [0.29, 0.717) is 31.9 Å². The van der Waals surface area contributed by atoms with Gasteiger partial charge in [0.05, 0.1) is 11.4 Å². The quantitative estimate of drug-likeness (QED) is 0.303. The molecule has 5 heterocycles. The standard InChI is InChI=1S/C24H27N5O2.C10H14N4O2/c1-19-3-2-11-26-23(19)9-6-20-4-7-22(8-5-20)31-24(30)29-15-13-28(14-16-29)17-21-10-12-25-18-27-21;15-10(16)14-5-3-13(4-6-14)8-9-7-11-1-2-12-9/h2-5,7-8,10-12,18H,6,9,13-17H2,1H3;1-2,7H,3-6,8H2,(H,15,16). The average Bonchev–Trinajstić information content (AvgIpc) is 3.10. The third kappa shape index (κ3) is 10.5. The van der Waals surface area contributed by atoms with Crippen LogP contribution in [0.5, 0.6) is 5.75 Å². The van der Waals surface area contributed by atoms with Gasteiger partial charge in [0.2, 0.25) is 0 Å². The van der Waals surface area contributed by atoms with E-state index in [4.69, 9.17) is 9.84 Å². The van der Waals surface area contributed by atoms with E-state index in [-0.39, 0.29) is 6.09 Å². The second kappa shape index (κ2) is 17.1. The minimum Gasteiger partial charge on any atom is -0.465 e. The molecule has 2 aliphatic heterocycles. The summed E-state index contributed by atoms with van der Waals surface area (Å²) in [6, 6.07) is 13.7. The molecule has 2 amide bonds. The van der Waals surface area contributed by atoms with Crippen molar-refractivity contribution in [2.75, 3.05) is 52.4 Å². The lowest BCUT2D eigenvalue weighted by atomic mass is 10.1. The number of hydrogen-bond donors (Lipinski definition) is 1. The van der Waals surface area contributed by atoms with E-state index in [2.05, 4.69) is 47.7 Å². The second-order valence-corrected chi connectivity index (χ2v) is 11.5. The largest absolute Gasteiger partial charge is 0.465 e. The number of piperazine rings is 2. The number of amides is 2. The summed E-state index contributed by atoms with van der Waals surface area (Å²) < 4.78 is 5.58. The fraction of sp³-hybridized carbons (Fsp3) is 0.382. The summed E-state index contributed by atoms with van der Waals surface area (Å²) in [4.78, 5) is 51.7. The number of ether oxygens (including phenoxy) is 1. The van der Waals surface area contributed by atoms with Crippen molar-refractivity contribution in [2.24, 2.45) is 0 Å². The van der Waals surface area contributed by atoms with E-state index in [1.807, 2.05) is 42.6 Å². The Labute approximate surface area is 274 Å². The van der Waals surface area contributed by atoms with Crippen LogP contribution in [0.1, 0.15) is 28.2 Å². The highest BCUT2D eigenvalue weighted by Crippen LogP contribution is 2.17. The Morgan fingerprint density at radius 1 is 0.723 bits per heavy atom. The minimum atomic E-state index is -0.834. The third-order valence-electron chi connectivity index (χ3n) is 8.20. The molecule has 1 aromatic carbocycles. The Morgan fingerprint density at radius 3 is 2.04 bits per heavy atom. The molecule has 13 heteroatoms. The summed E-state index contributed by atoms with van der Waals surface area (Å²) in [5, 5.41) is 8.80. The van der Waals surface area contributed by atoms with Gasteiger partial charge in [-0.1, -0.05) is 18.2 Å². The lowest BCUT2D eigenvalue weighted by molar-refractivity contribution is 0.102. The molecule has 0 spiro atoms. The van der Waals surface area contributed by atoms with Crippen LogP contribution < -0.4 is 4.74 Å². The first kappa shape index (κ1) is 33.4. The van der Waals surface area contributed by atoms with Crippen molar-refractivity contribution >= 4 is 12.2 Å². The topological polar surface area (TPSA) is 141 Å². The summed E-state index contributed by atoms with van der Waals surface area (Å²) in [5.41, 5.74) is 5.45. The molecule has 246 valence electrons. The zero-order valence-corrected chi connectivity index (χ0v) is 26.7. The Balaban J connectivity index is 0.000000227. The Kier molecular flexibility index (Phi) is 12.1. The molecule has 0 saturated carbocycles. The van der Waals surface area contributed by atoms with E-state index in [1.54, 1.807) is 36.0 Å². The summed E-state index contributed by atoms with van der Waals surface area (Å²) in [6.07, 6.45) is 10.9. The summed E-state index contributed by atoms with van der Waals surface area (Å²) >= 11 is 0. The highest BCUT2D eigenvalue weighted by Gasteiger charge is 2.23. The zero-order chi connectivity index (χ0) is 32.8. The Bertz CT molecular complexity index is 1550. The lowest BCUT2D eigenvalue weighted by Crippen LogP contribution is -2.49. The van der Waals surface area contributed by atoms with Crippen molar-refractivity contribution < 1.29 is 19.4 Å². The van der Waals surface area contributed by atoms with Gasteiger partial charge in [0.15, 0.2) is 0 Å². The van der Waals surface area contributed by atoms with E-state index in [0.717, 1.165) is 69.2 Å². The van der Waals surface area contributed by atoms with Gasteiger partial charge in [-0.05, 0) is 55.2 Å². The molecule has 0 bridgehead atoms. The maximum absolute atomic E-state index is 12.5. The highest BCUT2D eigenvalue weighted by molar-refractivity contribution is 5.70. The first-order chi connectivity index (χ1) is 22.9. The maximum atomic E-state index is 12.5. The molecule has 2 aliphatic rings.